The van der Waals surface area contributed by atoms with Crippen LogP contribution in [0, 0.1) is 3.57 Å². The molecule has 0 amide bonds. The standard InChI is InChI=1S/C14H17ClIN3/c1-3-17-14(6-10-8-18-19(2)9-10)11-4-5-13(16)12(15)7-11/h4-5,7-9,14,17H,3,6H2,1-2H3. The van der Waals surface area contributed by atoms with Crippen LogP contribution in [-0.4, -0.2) is 16.3 Å². The molecule has 1 unspecified atom stereocenters. The summed E-state index contributed by atoms with van der Waals surface area (Å²) in [6, 6.07) is 6.51. The molecule has 1 atom stereocenters. The number of aromatic nitrogens is 2. The molecule has 0 saturated carbocycles. The first-order chi connectivity index (χ1) is 9.10. The van der Waals surface area contributed by atoms with Crippen molar-refractivity contribution in [1.29, 1.82) is 0 Å². The van der Waals surface area contributed by atoms with Gasteiger partial charge in [0.2, 0.25) is 0 Å². The number of hydrogen-bond acceptors (Lipinski definition) is 2. The van der Waals surface area contributed by atoms with Crippen molar-refractivity contribution in [3.05, 3.63) is 50.3 Å². The summed E-state index contributed by atoms with van der Waals surface area (Å²) in [5.41, 5.74) is 2.44. The number of likely N-dealkylation sites (N-methyl/N-ethyl adjacent to an activating group) is 1. The van der Waals surface area contributed by atoms with E-state index >= 15 is 0 Å². The van der Waals surface area contributed by atoms with Crippen LogP contribution < -0.4 is 5.32 Å². The van der Waals surface area contributed by atoms with E-state index in [9.17, 15) is 0 Å². The van der Waals surface area contributed by atoms with Crippen LogP contribution in [0.2, 0.25) is 5.02 Å². The molecule has 0 saturated heterocycles. The molecule has 0 spiro atoms. The Labute approximate surface area is 132 Å². The average molecular weight is 390 g/mol. The lowest BCUT2D eigenvalue weighted by atomic mass is 10.0. The van der Waals surface area contributed by atoms with Gasteiger partial charge in [0.05, 0.1) is 11.2 Å². The van der Waals surface area contributed by atoms with Gasteiger partial charge in [-0.1, -0.05) is 24.6 Å². The van der Waals surface area contributed by atoms with Crippen molar-refractivity contribution < 1.29 is 0 Å². The van der Waals surface area contributed by atoms with Crippen LogP contribution in [0.5, 0.6) is 0 Å². The van der Waals surface area contributed by atoms with E-state index in [1.165, 1.54) is 11.1 Å². The van der Waals surface area contributed by atoms with Gasteiger partial charge in [-0.2, -0.15) is 5.10 Å². The Kier molecular flexibility index (Phi) is 5.24. The Balaban J connectivity index is 2.21. The highest BCUT2D eigenvalue weighted by atomic mass is 127. The number of nitrogens with zero attached hydrogens (tertiary/aromatic N) is 2. The number of halogens is 2. The van der Waals surface area contributed by atoms with E-state index in [1.54, 1.807) is 0 Å². The van der Waals surface area contributed by atoms with Gasteiger partial charge >= 0.3 is 0 Å². The minimum Gasteiger partial charge on any atom is -0.310 e. The third kappa shape index (κ3) is 3.94. The molecule has 102 valence electrons. The summed E-state index contributed by atoms with van der Waals surface area (Å²) >= 11 is 8.46. The van der Waals surface area contributed by atoms with Gasteiger partial charge in [-0.3, -0.25) is 4.68 Å². The van der Waals surface area contributed by atoms with Crippen molar-refractivity contribution in [2.75, 3.05) is 6.54 Å². The molecular formula is C14H17ClIN3. The number of hydrogen-bond donors (Lipinski definition) is 1. The Hall–Kier alpha value is -0.590. The highest BCUT2D eigenvalue weighted by Crippen LogP contribution is 2.25. The normalized spacial score (nSPS) is 12.6. The quantitative estimate of drug-likeness (QED) is 0.792. The van der Waals surface area contributed by atoms with Gasteiger partial charge in [0.1, 0.15) is 0 Å². The molecule has 19 heavy (non-hydrogen) atoms. The largest absolute Gasteiger partial charge is 0.310 e. The minimum atomic E-state index is 0.267. The fraction of sp³-hybridized carbons (Fsp3) is 0.357. The lowest BCUT2D eigenvalue weighted by Gasteiger charge is -2.18. The monoisotopic (exact) mass is 389 g/mol. The molecule has 0 fully saturated rings. The Morgan fingerprint density at radius 3 is 2.84 bits per heavy atom. The van der Waals surface area contributed by atoms with Crippen LogP contribution in [-0.2, 0) is 13.5 Å². The van der Waals surface area contributed by atoms with Gasteiger partial charge in [-0.05, 0) is 58.8 Å². The maximum absolute atomic E-state index is 6.21. The van der Waals surface area contributed by atoms with E-state index in [1.807, 2.05) is 24.0 Å². The summed E-state index contributed by atoms with van der Waals surface area (Å²) in [5, 5.41) is 8.53. The molecule has 0 bridgehead atoms. The van der Waals surface area contributed by atoms with Crippen LogP contribution in [0.3, 0.4) is 0 Å². The molecule has 1 aromatic carbocycles. The van der Waals surface area contributed by atoms with Crippen LogP contribution in [0.15, 0.2) is 30.6 Å². The Morgan fingerprint density at radius 1 is 1.47 bits per heavy atom. The van der Waals surface area contributed by atoms with Gasteiger partial charge in [-0.15, -0.1) is 0 Å². The molecule has 0 aliphatic heterocycles. The Morgan fingerprint density at radius 2 is 2.26 bits per heavy atom. The first kappa shape index (κ1) is 14.8. The number of aryl methyl sites for hydroxylation is 1. The lowest BCUT2D eigenvalue weighted by Crippen LogP contribution is -2.22. The number of benzene rings is 1. The Bertz CT molecular complexity index is 553. The highest BCUT2D eigenvalue weighted by molar-refractivity contribution is 14.1. The van der Waals surface area contributed by atoms with Crippen molar-refractivity contribution in [2.24, 2.45) is 7.05 Å². The van der Waals surface area contributed by atoms with Crippen molar-refractivity contribution in [2.45, 2.75) is 19.4 Å². The second-order valence-electron chi connectivity index (χ2n) is 4.51. The minimum absolute atomic E-state index is 0.267. The molecule has 1 aromatic heterocycles. The molecule has 3 nitrogen and oxygen atoms in total. The summed E-state index contributed by atoms with van der Waals surface area (Å²) in [6.45, 7) is 3.04. The summed E-state index contributed by atoms with van der Waals surface area (Å²) < 4.78 is 2.92. The molecular weight excluding hydrogens is 373 g/mol. The van der Waals surface area contributed by atoms with Crippen LogP contribution in [0.25, 0.3) is 0 Å². The molecule has 5 heteroatoms. The maximum Gasteiger partial charge on any atom is 0.0542 e. The van der Waals surface area contributed by atoms with Gasteiger partial charge in [-0.25, -0.2) is 0 Å². The van der Waals surface area contributed by atoms with Gasteiger partial charge < -0.3 is 5.32 Å². The van der Waals surface area contributed by atoms with Crippen molar-refractivity contribution in [3.8, 4) is 0 Å². The number of rotatable bonds is 5. The summed E-state index contributed by atoms with van der Waals surface area (Å²) in [4.78, 5) is 0. The molecule has 1 N–H and O–H groups in total. The molecule has 0 aliphatic rings. The van der Waals surface area contributed by atoms with Gasteiger partial charge in [0, 0.05) is 22.9 Å². The maximum atomic E-state index is 6.21. The van der Waals surface area contributed by atoms with E-state index in [0.717, 1.165) is 21.6 Å². The molecule has 0 aliphatic carbocycles. The molecule has 0 radical (unpaired) electrons. The zero-order chi connectivity index (χ0) is 13.8. The summed E-state index contributed by atoms with van der Waals surface area (Å²) in [6.07, 6.45) is 4.88. The van der Waals surface area contributed by atoms with E-state index in [4.69, 9.17) is 11.6 Å². The topological polar surface area (TPSA) is 29.9 Å². The summed E-state index contributed by atoms with van der Waals surface area (Å²) in [7, 11) is 1.94. The average Bonchev–Trinajstić information content (AvgIpc) is 2.78. The predicted molar refractivity (Wildman–Crippen MR) is 87.5 cm³/mol. The third-order valence-corrected chi connectivity index (χ3v) is 4.57. The third-order valence-electron chi connectivity index (χ3n) is 2.99. The zero-order valence-corrected chi connectivity index (χ0v) is 13.9. The molecule has 2 rings (SSSR count). The second-order valence-corrected chi connectivity index (χ2v) is 6.08. The van der Waals surface area contributed by atoms with Crippen LogP contribution in [0.4, 0.5) is 0 Å². The fourth-order valence-electron chi connectivity index (χ4n) is 2.10. The van der Waals surface area contributed by atoms with Gasteiger partial charge in [0.15, 0.2) is 0 Å². The van der Waals surface area contributed by atoms with Crippen LogP contribution in [0.1, 0.15) is 24.1 Å². The fourth-order valence-corrected chi connectivity index (χ4v) is 2.62. The first-order valence-electron chi connectivity index (χ1n) is 6.26. The van der Waals surface area contributed by atoms with E-state index in [0.29, 0.717) is 0 Å². The SMILES string of the molecule is CCNC(Cc1cnn(C)c1)c1ccc(I)c(Cl)c1. The van der Waals surface area contributed by atoms with Crippen molar-refractivity contribution >= 4 is 34.2 Å². The summed E-state index contributed by atoms with van der Waals surface area (Å²) in [5.74, 6) is 0. The van der Waals surface area contributed by atoms with Crippen molar-refractivity contribution in [1.82, 2.24) is 15.1 Å². The van der Waals surface area contributed by atoms with Crippen LogP contribution >= 0.6 is 34.2 Å². The van der Waals surface area contributed by atoms with Crippen molar-refractivity contribution in [3.63, 3.8) is 0 Å². The van der Waals surface area contributed by atoms with Gasteiger partial charge in [0.25, 0.3) is 0 Å². The smallest absolute Gasteiger partial charge is 0.0542 e. The zero-order valence-electron chi connectivity index (χ0n) is 11.0. The van der Waals surface area contributed by atoms with E-state index in [-0.39, 0.29) is 6.04 Å². The lowest BCUT2D eigenvalue weighted by molar-refractivity contribution is 0.549. The molecule has 2 aromatic rings. The first-order valence-corrected chi connectivity index (χ1v) is 7.71. The second kappa shape index (κ2) is 6.72. The molecule has 1 heterocycles. The van der Waals surface area contributed by atoms with E-state index in [2.05, 4.69) is 58.3 Å². The van der Waals surface area contributed by atoms with E-state index < -0.39 is 0 Å². The predicted octanol–water partition coefficient (Wildman–Crippen LogP) is 3.57. The highest BCUT2D eigenvalue weighted by Gasteiger charge is 2.13. The number of nitrogens with one attached hydrogen (secondary N) is 1.